The van der Waals surface area contributed by atoms with Crippen molar-refractivity contribution >= 4 is 15.9 Å². The van der Waals surface area contributed by atoms with Crippen LogP contribution in [0.3, 0.4) is 0 Å². The topological polar surface area (TPSA) is 54.5 Å². The summed E-state index contributed by atoms with van der Waals surface area (Å²) < 4.78 is 1.07. The first-order valence-electron chi connectivity index (χ1n) is 5.43. The first-order valence-corrected chi connectivity index (χ1v) is 6.23. The number of H-pyrrole nitrogens is 1. The second-order valence-electron chi connectivity index (χ2n) is 3.81. The largest absolute Gasteiger partial charge is 0.239 e. The quantitative estimate of drug-likeness (QED) is 0.790. The zero-order valence-electron chi connectivity index (χ0n) is 9.34. The predicted molar refractivity (Wildman–Crippen MR) is 72.7 cm³/mol. The molecule has 0 fully saturated rings. The van der Waals surface area contributed by atoms with Gasteiger partial charge in [0.05, 0.1) is 0 Å². The first-order chi connectivity index (χ1) is 8.84. The first kappa shape index (κ1) is 11.1. The third-order valence-corrected chi connectivity index (χ3v) is 3.36. The molecule has 0 aliphatic carbocycles. The fourth-order valence-electron chi connectivity index (χ4n) is 1.81. The van der Waals surface area contributed by atoms with Crippen molar-refractivity contribution in [2.24, 2.45) is 0 Å². The van der Waals surface area contributed by atoms with Crippen LogP contribution < -0.4 is 0 Å². The van der Waals surface area contributed by atoms with Crippen LogP contribution in [-0.2, 0) is 0 Å². The molecule has 18 heavy (non-hydrogen) atoms. The Balaban J connectivity index is 2.10. The summed E-state index contributed by atoms with van der Waals surface area (Å²) in [5.41, 5.74) is 3.23. The number of aromatic amines is 1. The van der Waals surface area contributed by atoms with Crippen molar-refractivity contribution in [1.29, 1.82) is 0 Å². The van der Waals surface area contributed by atoms with Crippen LogP contribution in [0.1, 0.15) is 0 Å². The van der Waals surface area contributed by atoms with Crippen molar-refractivity contribution in [2.75, 3.05) is 0 Å². The van der Waals surface area contributed by atoms with Crippen LogP contribution >= 0.6 is 15.9 Å². The van der Waals surface area contributed by atoms with Crippen LogP contribution in [0.15, 0.2) is 53.0 Å². The monoisotopic (exact) mass is 300 g/mol. The minimum atomic E-state index is 0.670. The van der Waals surface area contributed by atoms with Gasteiger partial charge in [-0.2, -0.15) is 0 Å². The molecule has 5 heteroatoms. The average molecular weight is 301 g/mol. The lowest BCUT2D eigenvalue weighted by atomic mass is 10.0. The van der Waals surface area contributed by atoms with Crippen molar-refractivity contribution in [3.8, 4) is 22.5 Å². The second-order valence-corrected chi connectivity index (χ2v) is 4.66. The van der Waals surface area contributed by atoms with E-state index in [0.717, 1.165) is 21.2 Å². The van der Waals surface area contributed by atoms with E-state index in [4.69, 9.17) is 0 Å². The number of hydrogen-bond acceptors (Lipinski definition) is 3. The number of rotatable bonds is 2. The number of aromatic nitrogens is 4. The van der Waals surface area contributed by atoms with Crippen molar-refractivity contribution in [3.05, 3.63) is 53.0 Å². The van der Waals surface area contributed by atoms with Crippen LogP contribution in [0.2, 0.25) is 0 Å². The summed E-state index contributed by atoms with van der Waals surface area (Å²) in [6.45, 7) is 0. The standard InChI is InChI=1S/C13H9BrN4/c14-12-7-2-1-6-11(12)9-4-3-5-10(8-9)13-15-17-18-16-13/h1-8H,(H,15,16,17,18). The summed E-state index contributed by atoms with van der Waals surface area (Å²) in [6, 6.07) is 16.2. The maximum Gasteiger partial charge on any atom is 0.179 e. The zero-order valence-corrected chi connectivity index (χ0v) is 10.9. The van der Waals surface area contributed by atoms with Crippen LogP contribution in [0.4, 0.5) is 0 Å². The molecule has 3 rings (SSSR count). The number of halogens is 1. The lowest BCUT2D eigenvalue weighted by molar-refractivity contribution is 0.881. The summed E-state index contributed by atoms with van der Waals surface area (Å²) in [5.74, 6) is 0.670. The van der Waals surface area contributed by atoms with E-state index in [1.807, 2.05) is 30.3 Å². The van der Waals surface area contributed by atoms with Gasteiger partial charge in [0.2, 0.25) is 0 Å². The van der Waals surface area contributed by atoms with Gasteiger partial charge in [-0.25, -0.2) is 5.10 Å². The molecule has 0 saturated carbocycles. The van der Waals surface area contributed by atoms with Gasteiger partial charge in [-0.05, 0) is 33.7 Å². The van der Waals surface area contributed by atoms with Crippen molar-refractivity contribution in [3.63, 3.8) is 0 Å². The maximum atomic E-state index is 3.92. The number of tetrazole rings is 1. The highest BCUT2D eigenvalue weighted by atomic mass is 79.9. The van der Waals surface area contributed by atoms with E-state index < -0.39 is 0 Å². The van der Waals surface area contributed by atoms with Gasteiger partial charge in [0.15, 0.2) is 5.82 Å². The van der Waals surface area contributed by atoms with Crippen molar-refractivity contribution in [2.45, 2.75) is 0 Å². The molecule has 1 N–H and O–H groups in total. The van der Waals surface area contributed by atoms with Gasteiger partial charge in [-0.15, -0.1) is 5.10 Å². The molecule has 1 aromatic heterocycles. The summed E-state index contributed by atoms with van der Waals surface area (Å²) in [5, 5.41) is 13.9. The Kier molecular flexibility index (Phi) is 2.90. The molecule has 0 bridgehead atoms. The van der Waals surface area contributed by atoms with Gasteiger partial charge in [0, 0.05) is 10.0 Å². The van der Waals surface area contributed by atoms with E-state index >= 15 is 0 Å². The van der Waals surface area contributed by atoms with Gasteiger partial charge in [-0.1, -0.05) is 52.3 Å². The maximum absolute atomic E-state index is 3.92. The molecular weight excluding hydrogens is 292 g/mol. The summed E-state index contributed by atoms with van der Waals surface area (Å²) >= 11 is 3.56. The van der Waals surface area contributed by atoms with Gasteiger partial charge >= 0.3 is 0 Å². The van der Waals surface area contributed by atoms with E-state index in [9.17, 15) is 0 Å². The van der Waals surface area contributed by atoms with E-state index in [2.05, 4.69) is 54.8 Å². The molecule has 0 aliphatic heterocycles. The van der Waals surface area contributed by atoms with E-state index in [1.165, 1.54) is 0 Å². The molecular formula is C13H9BrN4. The van der Waals surface area contributed by atoms with Gasteiger partial charge < -0.3 is 0 Å². The Bertz CT molecular complexity index is 664. The lowest BCUT2D eigenvalue weighted by Crippen LogP contribution is -1.84. The highest BCUT2D eigenvalue weighted by Crippen LogP contribution is 2.29. The van der Waals surface area contributed by atoms with Crippen LogP contribution in [0, 0.1) is 0 Å². The molecule has 0 saturated heterocycles. The molecule has 0 radical (unpaired) electrons. The normalized spacial score (nSPS) is 10.5. The highest BCUT2D eigenvalue weighted by molar-refractivity contribution is 9.10. The predicted octanol–water partition coefficient (Wildman–Crippen LogP) is 3.30. The van der Waals surface area contributed by atoms with Crippen molar-refractivity contribution < 1.29 is 0 Å². The third-order valence-electron chi connectivity index (χ3n) is 2.67. The summed E-state index contributed by atoms with van der Waals surface area (Å²) in [7, 11) is 0. The summed E-state index contributed by atoms with van der Waals surface area (Å²) in [4.78, 5) is 0. The van der Waals surface area contributed by atoms with Gasteiger partial charge in [0.1, 0.15) is 0 Å². The molecule has 0 aliphatic rings. The SMILES string of the molecule is Brc1ccccc1-c1cccc(-c2nnn[nH]2)c1. The molecule has 3 aromatic rings. The number of hydrogen-bond donors (Lipinski definition) is 1. The Morgan fingerprint density at radius 2 is 1.78 bits per heavy atom. The van der Waals surface area contributed by atoms with Crippen LogP contribution in [-0.4, -0.2) is 20.6 Å². The highest BCUT2D eigenvalue weighted by Gasteiger charge is 2.06. The molecule has 1 heterocycles. The average Bonchev–Trinajstić information content (AvgIpc) is 2.93. The Morgan fingerprint density at radius 3 is 2.56 bits per heavy atom. The molecule has 4 nitrogen and oxygen atoms in total. The van der Waals surface area contributed by atoms with E-state index in [0.29, 0.717) is 5.82 Å². The van der Waals surface area contributed by atoms with Crippen LogP contribution in [0.5, 0.6) is 0 Å². The molecule has 0 unspecified atom stereocenters. The minimum absolute atomic E-state index is 0.670. The molecule has 2 aromatic carbocycles. The second kappa shape index (κ2) is 4.70. The number of nitrogens with one attached hydrogen (secondary N) is 1. The number of nitrogens with zero attached hydrogens (tertiary/aromatic N) is 3. The Labute approximate surface area is 112 Å². The van der Waals surface area contributed by atoms with E-state index in [-0.39, 0.29) is 0 Å². The van der Waals surface area contributed by atoms with Gasteiger partial charge in [0.25, 0.3) is 0 Å². The van der Waals surface area contributed by atoms with E-state index in [1.54, 1.807) is 0 Å². The molecule has 0 amide bonds. The minimum Gasteiger partial charge on any atom is -0.239 e. The van der Waals surface area contributed by atoms with Crippen molar-refractivity contribution in [1.82, 2.24) is 20.6 Å². The van der Waals surface area contributed by atoms with Crippen LogP contribution in [0.25, 0.3) is 22.5 Å². The molecule has 0 atom stereocenters. The molecule has 0 spiro atoms. The fourth-order valence-corrected chi connectivity index (χ4v) is 2.32. The lowest BCUT2D eigenvalue weighted by Gasteiger charge is -2.05. The smallest absolute Gasteiger partial charge is 0.179 e. The Hall–Kier alpha value is -2.01. The van der Waals surface area contributed by atoms with Gasteiger partial charge in [-0.3, -0.25) is 0 Å². The summed E-state index contributed by atoms with van der Waals surface area (Å²) in [6.07, 6.45) is 0. The Morgan fingerprint density at radius 1 is 0.944 bits per heavy atom. The number of benzene rings is 2. The zero-order chi connectivity index (χ0) is 12.4. The third kappa shape index (κ3) is 2.04. The molecule has 88 valence electrons. The fraction of sp³-hybridized carbons (Fsp3) is 0.